The van der Waals surface area contributed by atoms with E-state index in [1.165, 1.54) is 36.5 Å². The summed E-state index contributed by atoms with van der Waals surface area (Å²) in [6.07, 6.45) is 5.67. The van der Waals surface area contributed by atoms with Crippen molar-refractivity contribution in [2.75, 3.05) is 0 Å². The average Bonchev–Trinajstić information content (AvgIpc) is 2.77. The van der Waals surface area contributed by atoms with Gasteiger partial charge in [-0.1, -0.05) is 43.2 Å². The second-order valence-electron chi connectivity index (χ2n) is 5.25. The summed E-state index contributed by atoms with van der Waals surface area (Å²) in [4.78, 5) is 1.56. The zero-order valence-corrected chi connectivity index (χ0v) is 10.7. The Bertz CT molecular complexity index is 573. The van der Waals surface area contributed by atoms with E-state index in [9.17, 15) is 0 Å². The van der Waals surface area contributed by atoms with Gasteiger partial charge in [-0.25, -0.2) is 0 Å². The molecular formula is C16H16S. The molecule has 1 saturated carbocycles. The van der Waals surface area contributed by atoms with Crippen LogP contribution in [0.15, 0.2) is 41.3 Å². The highest BCUT2D eigenvalue weighted by atomic mass is 32.2. The average molecular weight is 240 g/mol. The van der Waals surface area contributed by atoms with E-state index in [-0.39, 0.29) is 0 Å². The molecule has 86 valence electrons. The topological polar surface area (TPSA) is 0 Å². The van der Waals surface area contributed by atoms with Crippen molar-refractivity contribution in [3.8, 4) is 0 Å². The highest BCUT2D eigenvalue weighted by Crippen LogP contribution is 2.53. The summed E-state index contributed by atoms with van der Waals surface area (Å²) in [6, 6.07) is 13.5. The van der Waals surface area contributed by atoms with E-state index >= 15 is 0 Å². The fourth-order valence-corrected chi connectivity index (χ4v) is 5.07. The van der Waals surface area contributed by atoms with Gasteiger partial charge in [-0.3, -0.25) is 0 Å². The number of thioether (sulfide) groups is 1. The molecule has 2 unspecified atom stereocenters. The Morgan fingerprint density at radius 2 is 1.82 bits per heavy atom. The SMILES string of the molecule is c1ccc2c3c(ccc2c1)SC1CCCCC31. The maximum absolute atomic E-state index is 2.35. The van der Waals surface area contributed by atoms with Crippen LogP contribution in [-0.4, -0.2) is 5.25 Å². The first-order chi connectivity index (χ1) is 8.43. The van der Waals surface area contributed by atoms with Gasteiger partial charge >= 0.3 is 0 Å². The van der Waals surface area contributed by atoms with Gasteiger partial charge < -0.3 is 0 Å². The molecule has 0 saturated heterocycles. The van der Waals surface area contributed by atoms with Crippen molar-refractivity contribution < 1.29 is 0 Å². The van der Waals surface area contributed by atoms with Gasteiger partial charge in [-0.05, 0) is 41.2 Å². The molecule has 0 nitrogen and oxygen atoms in total. The Morgan fingerprint density at radius 3 is 2.82 bits per heavy atom. The molecule has 2 aromatic rings. The van der Waals surface area contributed by atoms with Gasteiger partial charge in [0.25, 0.3) is 0 Å². The van der Waals surface area contributed by atoms with Crippen molar-refractivity contribution in [2.45, 2.75) is 41.7 Å². The summed E-state index contributed by atoms with van der Waals surface area (Å²) in [6.45, 7) is 0. The normalized spacial score (nSPS) is 26.8. The molecule has 1 fully saturated rings. The third-order valence-corrected chi connectivity index (χ3v) is 5.76. The molecule has 0 bridgehead atoms. The molecule has 0 spiro atoms. The first kappa shape index (κ1) is 10.0. The van der Waals surface area contributed by atoms with Crippen molar-refractivity contribution in [3.63, 3.8) is 0 Å². The zero-order valence-electron chi connectivity index (χ0n) is 9.86. The van der Waals surface area contributed by atoms with Crippen LogP contribution in [-0.2, 0) is 0 Å². The highest BCUT2D eigenvalue weighted by molar-refractivity contribution is 8.00. The Labute approximate surface area is 106 Å². The maximum Gasteiger partial charge on any atom is 0.0164 e. The molecule has 0 aromatic heterocycles. The summed E-state index contributed by atoms with van der Waals surface area (Å²) >= 11 is 2.13. The van der Waals surface area contributed by atoms with Crippen molar-refractivity contribution in [1.82, 2.24) is 0 Å². The van der Waals surface area contributed by atoms with Crippen LogP contribution >= 0.6 is 11.8 Å². The molecule has 2 aromatic carbocycles. The lowest BCUT2D eigenvalue weighted by atomic mass is 9.82. The lowest BCUT2D eigenvalue weighted by Crippen LogP contribution is -2.15. The van der Waals surface area contributed by atoms with Gasteiger partial charge in [-0.2, -0.15) is 0 Å². The van der Waals surface area contributed by atoms with Gasteiger partial charge in [0.05, 0.1) is 0 Å². The molecule has 1 aliphatic heterocycles. The first-order valence-electron chi connectivity index (χ1n) is 6.62. The van der Waals surface area contributed by atoms with Crippen molar-refractivity contribution in [2.24, 2.45) is 0 Å². The standard InChI is InChI=1S/C16H16S/c1-2-6-12-11(5-1)9-10-15-16(12)13-7-3-4-8-14(13)17-15/h1-2,5-6,9-10,13-14H,3-4,7-8H2. The van der Waals surface area contributed by atoms with E-state index in [4.69, 9.17) is 0 Å². The minimum atomic E-state index is 0.829. The molecule has 0 N–H and O–H groups in total. The third-order valence-electron chi connectivity index (χ3n) is 4.28. The van der Waals surface area contributed by atoms with Crippen LogP contribution in [0.25, 0.3) is 10.8 Å². The van der Waals surface area contributed by atoms with E-state index in [0.29, 0.717) is 0 Å². The number of hydrogen-bond acceptors (Lipinski definition) is 1. The zero-order chi connectivity index (χ0) is 11.2. The van der Waals surface area contributed by atoms with E-state index in [2.05, 4.69) is 48.2 Å². The molecule has 1 heteroatoms. The molecular weight excluding hydrogens is 224 g/mol. The van der Waals surface area contributed by atoms with Gasteiger partial charge in [0.2, 0.25) is 0 Å². The van der Waals surface area contributed by atoms with Crippen molar-refractivity contribution in [1.29, 1.82) is 0 Å². The van der Waals surface area contributed by atoms with Gasteiger partial charge in [0.15, 0.2) is 0 Å². The molecule has 2 aliphatic rings. The van der Waals surface area contributed by atoms with Gasteiger partial charge in [0, 0.05) is 10.1 Å². The Morgan fingerprint density at radius 1 is 0.941 bits per heavy atom. The van der Waals surface area contributed by atoms with E-state index in [1.54, 1.807) is 10.5 Å². The summed E-state index contributed by atoms with van der Waals surface area (Å²) < 4.78 is 0. The van der Waals surface area contributed by atoms with E-state index < -0.39 is 0 Å². The Kier molecular flexibility index (Phi) is 2.23. The number of benzene rings is 2. The Balaban J connectivity index is 1.96. The summed E-state index contributed by atoms with van der Waals surface area (Å²) in [5.41, 5.74) is 1.66. The van der Waals surface area contributed by atoms with E-state index in [1.807, 2.05) is 0 Å². The lowest BCUT2D eigenvalue weighted by Gasteiger charge is -2.25. The van der Waals surface area contributed by atoms with Crippen LogP contribution in [0.5, 0.6) is 0 Å². The minimum Gasteiger partial charge on any atom is -0.122 e. The smallest absolute Gasteiger partial charge is 0.0164 e. The number of fused-ring (bicyclic) bond motifs is 5. The fourth-order valence-electron chi connectivity index (χ4n) is 3.49. The van der Waals surface area contributed by atoms with Crippen LogP contribution in [0.3, 0.4) is 0 Å². The second-order valence-corrected chi connectivity index (χ2v) is 6.53. The molecule has 1 aliphatic carbocycles. The maximum atomic E-state index is 2.35. The highest BCUT2D eigenvalue weighted by Gasteiger charge is 2.35. The van der Waals surface area contributed by atoms with Gasteiger partial charge in [0.1, 0.15) is 0 Å². The van der Waals surface area contributed by atoms with Crippen molar-refractivity contribution in [3.05, 3.63) is 42.0 Å². The van der Waals surface area contributed by atoms with Crippen LogP contribution in [0.2, 0.25) is 0 Å². The van der Waals surface area contributed by atoms with Gasteiger partial charge in [-0.15, -0.1) is 11.8 Å². The minimum absolute atomic E-state index is 0.829. The monoisotopic (exact) mass is 240 g/mol. The van der Waals surface area contributed by atoms with E-state index in [0.717, 1.165) is 11.2 Å². The van der Waals surface area contributed by atoms with Crippen LogP contribution < -0.4 is 0 Å². The Hall–Kier alpha value is -0.950. The molecule has 4 rings (SSSR count). The third kappa shape index (κ3) is 1.45. The summed E-state index contributed by atoms with van der Waals surface area (Å²) in [5, 5.41) is 3.79. The van der Waals surface area contributed by atoms with Crippen molar-refractivity contribution >= 4 is 22.5 Å². The summed E-state index contributed by atoms with van der Waals surface area (Å²) in [7, 11) is 0. The number of hydrogen-bond donors (Lipinski definition) is 0. The quantitative estimate of drug-likeness (QED) is 0.626. The largest absolute Gasteiger partial charge is 0.122 e. The molecule has 2 atom stereocenters. The molecule has 0 radical (unpaired) electrons. The van der Waals surface area contributed by atoms with Crippen LogP contribution in [0.1, 0.15) is 37.2 Å². The van der Waals surface area contributed by atoms with Crippen LogP contribution in [0, 0.1) is 0 Å². The molecule has 0 amide bonds. The number of rotatable bonds is 0. The lowest BCUT2D eigenvalue weighted by molar-refractivity contribution is 0.463. The fraction of sp³-hybridized carbons (Fsp3) is 0.375. The predicted octanol–water partition coefficient (Wildman–Crippen LogP) is 4.97. The second kappa shape index (κ2) is 3.78. The first-order valence-corrected chi connectivity index (χ1v) is 7.50. The summed E-state index contributed by atoms with van der Waals surface area (Å²) in [5.74, 6) is 0.829. The van der Waals surface area contributed by atoms with Crippen LogP contribution in [0.4, 0.5) is 0 Å². The molecule has 1 heterocycles. The predicted molar refractivity (Wildman–Crippen MR) is 74.8 cm³/mol. The molecule has 17 heavy (non-hydrogen) atoms.